The van der Waals surface area contributed by atoms with Gasteiger partial charge in [0.05, 0.1) is 0 Å². The summed E-state index contributed by atoms with van der Waals surface area (Å²) in [6.07, 6.45) is 0. The van der Waals surface area contributed by atoms with Crippen molar-refractivity contribution in [3.05, 3.63) is 34.2 Å². The van der Waals surface area contributed by atoms with Gasteiger partial charge in [0.2, 0.25) is 0 Å². The summed E-state index contributed by atoms with van der Waals surface area (Å²) < 4.78 is 38.6. The van der Waals surface area contributed by atoms with Gasteiger partial charge in [0, 0.05) is 43.3 Å². The molecule has 0 amide bonds. The molecule has 2 rings (SSSR count). The molecular weight excluding hydrogens is 309 g/mol. The minimum Gasteiger partial charge on any atom is -0.445 e. The predicted molar refractivity (Wildman–Crippen MR) is 72.1 cm³/mol. The van der Waals surface area contributed by atoms with Gasteiger partial charge in [-0.25, -0.2) is 0 Å². The van der Waals surface area contributed by atoms with Crippen LogP contribution in [0.15, 0.2) is 23.3 Å². The molecule has 0 aliphatic carbocycles. The largest absolute Gasteiger partial charge is 1.00 e. The third-order valence-corrected chi connectivity index (χ3v) is 3.15. The number of rotatable bonds is 4. The number of hydrogen-bond donors (Lipinski definition) is 1. The van der Waals surface area contributed by atoms with E-state index in [2.05, 4.69) is 20.2 Å². The van der Waals surface area contributed by atoms with Gasteiger partial charge >= 0.3 is 58.4 Å². The Morgan fingerprint density at radius 3 is 2.48 bits per heavy atom. The third-order valence-electron chi connectivity index (χ3n) is 3.15. The van der Waals surface area contributed by atoms with Crippen LogP contribution in [0.2, 0.25) is 0 Å². The Morgan fingerprint density at radius 2 is 1.90 bits per heavy atom. The van der Waals surface area contributed by atoms with Crippen LogP contribution in [0.4, 0.5) is 18.6 Å². The molecular formula is C11H14BF3KN5. The van der Waals surface area contributed by atoms with Gasteiger partial charge in [0.1, 0.15) is 0 Å². The fraction of sp³-hybridized carbons (Fsp3) is 0.455. The molecule has 1 fully saturated rings. The van der Waals surface area contributed by atoms with E-state index in [1.165, 1.54) is 6.07 Å². The van der Waals surface area contributed by atoms with E-state index in [0.29, 0.717) is 12.1 Å². The molecule has 1 aromatic rings. The number of hydrogen-bond acceptors (Lipinski definition) is 3. The van der Waals surface area contributed by atoms with E-state index in [1.54, 1.807) is 0 Å². The van der Waals surface area contributed by atoms with E-state index in [-0.39, 0.29) is 57.1 Å². The van der Waals surface area contributed by atoms with Crippen LogP contribution in [0.3, 0.4) is 0 Å². The Kier molecular flexibility index (Phi) is 7.72. The molecule has 1 N–H and O–H groups in total. The molecule has 1 heterocycles. The maximum atomic E-state index is 12.9. The standard InChI is InChI=1S/C11H14BF3N5.K/c13-12(14,15)10-5-9(6-11(7-10)18-19-16)8-20-3-1-17-2-4-20;/h5-7,17H,1-4,8H2;/q-1;+1. The molecule has 0 bridgehead atoms. The summed E-state index contributed by atoms with van der Waals surface area (Å²) in [5.74, 6) is 0. The van der Waals surface area contributed by atoms with Gasteiger partial charge in [-0.05, 0) is 17.2 Å². The van der Waals surface area contributed by atoms with Crippen molar-refractivity contribution in [2.24, 2.45) is 5.11 Å². The van der Waals surface area contributed by atoms with Crippen molar-refractivity contribution in [2.45, 2.75) is 6.54 Å². The molecule has 0 spiro atoms. The molecule has 0 unspecified atom stereocenters. The Morgan fingerprint density at radius 1 is 1.24 bits per heavy atom. The van der Waals surface area contributed by atoms with Crippen molar-refractivity contribution in [3.8, 4) is 0 Å². The van der Waals surface area contributed by atoms with Gasteiger partial charge < -0.3 is 18.3 Å². The van der Waals surface area contributed by atoms with Crippen LogP contribution in [0.5, 0.6) is 0 Å². The van der Waals surface area contributed by atoms with Crippen LogP contribution >= 0.6 is 0 Å². The van der Waals surface area contributed by atoms with Crippen molar-refractivity contribution < 1.29 is 64.3 Å². The van der Waals surface area contributed by atoms with Crippen molar-refractivity contribution in [2.75, 3.05) is 26.2 Å². The maximum Gasteiger partial charge on any atom is 1.00 e. The number of piperazine rings is 1. The molecule has 1 saturated heterocycles. The van der Waals surface area contributed by atoms with E-state index >= 15 is 0 Å². The molecule has 1 aliphatic rings. The summed E-state index contributed by atoms with van der Waals surface area (Å²) in [6, 6.07) is 3.53. The molecule has 108 valence electrons. The normalized spacial score (nSPS) is 16.0. The van der Waals surface area contributed by atoms with Gasteiger partial charge in [-0.15, -0.1) is 5.46 Å². The SMILES string of the molecule is [K+].[N-]=[N+]=Nc1cc(CN2CCNCC2)cc([B-](F)(F)F)c1. The van der Waals surface area contributed by atoms with E-state index < -0.39 is 12.4 Å². The zero-order valence-electron chi connectivity index (χ0n) is 11.8. The second-order valence-electron chi connectivity index (χ2n) is 4.72. The average molecular weight is 323 g/mol. The van der Waals surface area contributed by atoms with E-state index in [4.69, 9.17) is 5.53 Å². The van der Waals surface area contributed by atoms with E-state index in [0.717, 1.165) is 38.3 Å². The summed E-state index contributed by atoms with van der Waals surface area (Å²) >= 11 is 0. The first-order chi connectivity index (χ1) is 9.49. The fourth-order valence-corrected chi connectivity index (χ4v) is 2.22. The number of halogens is 3. The van der Waals surface area contributed by atoms with E-state index in [9.17, 15) is 12.9 Å². The quantitative estimate of drug-likeness (QED) is 0.338. The summed E-state index contributed by atoms with van der Waals surface area (Å²) in [7, 11) is 0. The first kappa shape index (κ1) is 19.0. The van der Waals surface area contributed by atoms with Crippen molar-refractivity contribution in [1.82, 2.24) is 10.2 Å². The summed E-state index contributed by atoms with van der Waals surface area (Å²) in [6.45, 7) is -1.45. The number of nitrogens with zero attached hydrogens (tertiary/aromatic N) is 4. The molecule has 1 aliphatic heterocycles. The van der Waals surface area contributed by atoms with Crippen LogP contribution in [-0.2, 0) is 6.54 Å². The van der Waals surface area contributed by atoms with Crippen LogP contribution in [0, 0.1) is 0 Å². The molecule has 0 atom stereocenters. The van der Waals surface area contributed by atoms with Gasteiger partial charge in [-0.1, -0.05) is 17.2 Å². The third kappa shape index (κ3) is 5.92. The predicted octanol–water partition coefficient (Wildman–Crippen LogP) is -0.908. The molecule has 21 heavy (non-hydrogen) atoms. The molecule has 0 aromatic heterocycles. The fourth-order valence-electron chi connectivity index (χ4n) is 2.22. The second kappa shape index (κ2) is 8.54. The summed E-state index contributed by atoms with van der Waals surface area (Å²) in [4.78, 5) is 4.63. The van der Waals surface area contributed by atoms with Gasteiger partial charge in [0.15, 0.2) is 0 Å². The van der Waals surface area contributed by atoms with Gasteiger partial charge in [-0.2, -0.15) is 0 Å². The van der Waals surface area contributed by atoms with Crippen LogP contribution in [0.25, 0.3) is 10.4 Å². The van der Waals surface area contributed by atoms with Crippen LogP contribution in [-0.4, -0.2) is 38.1 Å². The molecule has 1 aromatic carbocycles. The maximum absolute atomic E-state index is 12.9. The number of benzene rings is 1. The molecule has 5 nitrogen and oxygen atoms in total. The smallest absolute Gasteiger partial charge is 0.445 e. The first-order valence-corrected chi connectivity index (χ1v) is 6.31. The van der Waals surface area contributed by atoms with Crippen molar-refractivity contribution in [3.63, 3.8) is 0 Å². The Hall–Kier alpha value is -0.0587. The van der Waals surface area contributed by atoms with Gasteiger partial charge in [-0.3, -0.25) is 4.90 Å². The van der Waals surface area contributed by atoms with Gasteiger partial charge in [0.25, 0.3) is 0 Å². The van der Waals surface area contributed by atoms with E-state index in [1.807, 2.05) is 0 Å². The van der Waals surface area contributed by atoms with Crippen molar-refractivity contribution in [1.29, 1.82) is 0 Å². The monoisotopic (exact) mass is 323 g/mol. The summed E-state index contributed by atoms with van der Waals surface area (Å²) in [5.41, 5.74) is 8.20. The number of azide groups is 1. The average Bonchev–Trinajstić information content (AvgIpc) is 2.39. The molecule has 0 saturated carbocycles. The zero-order chi connectivity index (χ0) is 14.6. The minimum absolute atomic E-state index is 0. The summed E-state index contributed by atoms with van der Waals surface area (Å²) in [5, 5.41) is 6.48. The Bertz CT molecular complexity index is 527. The number of nitrogens with one attached hydrogen (secondary N) is 1. The Labute approximate surface area is 163 Å². The van der Waals surface area contributed by atoms with Crippen LogP contribution < -0.4 is 62.2 Å². The topological polar surface area (TPSA) is 64.0 Å². The minimum atomic E-state index is -5.10. The first-order valence-electron chi connectivity index (χ1n) is 6.31. The molecule has 0 radical (unpaired) electrons. The Balaban J connectivity index is 0.00000220. The second-order valence-corrected chi connectivity index (χ2v) is 4.72. The zero-order valence-corrected chi connectivity index (χ0v) is 14.9. The van der Waals surface area contributed by atoms with Crippen molar-refractivity contribution >= 4 is 18.1 Å². The van der Waals surface area contributed by atoms with Crippen LogP contribution in [0.1, 0.15) is 5.56 Å². The molecule has 10 heteroatoms.